The largest absolute Gasteiger partial charge is 0.453 e. The highest BCUT2D eigenvalue weighted by molar-refractivity contribution is 6.11. The van der Waals surface area contributed by atoms with Crippen molar-refractivity contribution in [1.82, 2.24) is 24.8 Å². The van der Waals surface area contributed by atoms with E-state index in [4.69, 9.17) is 18.4 Å². The van der Waals surface area contributed by atoms with Crippen molar-refractivity contribution in [3.05, 3.63) is 71.3 Å². The van der Waals surface area contributed by atoms with E-state index in [1.165, 1.54) is 19.3 Å². The lowest BCUT2D eigenvalue weighted by atomic mass is 9.93. The number of furan rings is 1. The van der Waals surface area contributed by atoms with E-state index in [1.807, 2.05) is 43.9 Å². The van der Waals surface area contributed by atoms with Gasteiger partial charge in [0.2, 0.25) is 5.78 Å². The lowest BCUT2D eigenvalue weighted by molar-refractivity contribution is 0.0339. The van der Waals surface area contributed by atoms with Crippen LogP contribution in [-0.4, -0.2) is 101 Å². The lowest BCUT2D eigenvalue weighted by Crippen LogP contribution is -2.48. The second-order valence-corrected chi connectivity index (χ2v) is 15.9. The summed E-state index contributed by atoms with van der Waals surface area (Å²) in [6, 6.07) is 14.0. The number of rotatable bonds is 8. The first-order chi connectivity index (χ1) is 26.6. The molecule has 3 amide bonds. The molecule has 3 N–H and O–H groups in total. The van der Waals surface area contributed by atoms with E-state index < -0.39 is 6.03 Å². The number of benzene rings is 2. The van der Waals surface area contributed by atoms with Gasteiger partial charge in [-0.25, -0.2) is 9.59 Å². The second kappa shape index (κ2) is 15.5. The number of aromatic amines is 1. The van der Waals surface area contributed by atoms with Crippen molar-refractivity contribution in [2.24, 2.45) is 0 Å². The van der Waals surface area contributed by atoms with Crippen molar-refractivity contribution in [2.75, 3.05) is 63.1 Å². The van der Waals surface area contributed by atoms with Gasteiger partial charge in [0.15, 0.2) is 11.6 Å². The molecule has 290 valence electrons. The zero-order chi connectivity index (χ0) is 38.1. The Bertz CT molecular complexity index is 2180. The monoisotopic (exact) mass is 751 g/mol. The molecule has 0 saturated carbocycles. The van der Waals surface area contributed by atoms with Crippen LogP contribution in [0.15, 0.2) is 57.5 Å². The number of ketones is 1. The Hall–Kier alpha value is -5.18. The van der Waals surface area contributed by atoms with Crippen molar-refractivity contribution in [3.63, 3.8) is 0 Å². The molecule has 6 heterocycles. The van der Waals surface area contributed by atoms with Crippen LogP contribution in [0.2, 0.25) is 0 Å². The van der Waals surface area contributed by atoms with Crippen LogP contribution in [-0.2, 0) is 16.7 Å². The van der Waals surface area contributed by atoms with Gasteiger partial charge in [-0.1, -0.05) is 32.3 Å². The summed E-state index contributed by atoms with van der Waals surface area (Å²) >= 11 is 0. The Labute approximate surface area is 319 Å². The fraction of sp³-hybridized carbons (Fsp3) is 0.463. The van der Waals surface area contributed by atoms with Crippen LogP contribution >= 0.6 is 0 Å². The fourth-order valence-corrected chi connectivity index (χ4v) is 7.80. The molecule has 8 rings (SSSR count). The number of likely N-dealkylation sites (tertiary alicyclic amines) is 2. The maximum atomic E-state index is 13.9. The Morgan fingerprint density at radius 2 is 1.69 bits per heavy atom. The number of morpholine rings is 1. The first kappa shape index (κ1) is 36.8. The minimum absolute atomic E-state index is 0.148. The Balaban J connectivity index is 0.981. The van der Waals surface area contributed by atoms with Crippen molar-refractivity contribution < 1.29 is 32.8 Å². The number of carbonyl (C=O) groups is 3. The standard InChI is InChI=1S/C41H49N7O7/c1-41(2,3)36-24-37(45-55-36)44-39(50)42-27-7-9-33-26(21-27)22-35(53-33)38(49)32-23-29-30(25-46-17-19-52-20-18-46)34(10-8-31(29)43-32)54-40(51)48-15-11-28(12-16-48)47-13-5-4-6-14-47/h7-10,21-24,28,43H,4-6,11-20,25H2,1-3H3,(H2,42,44,45,50). The van der Waals surface area contributed by atoms with Gasteiger partial charge in [0.25, 0.3) is 0 Å². The van der Waals surface area contributed by atoms with Crippen molar-refractivity contribution >= 4 is 51.3 Å². The molecule has 0 spiro atoms. The first-order valence-corrected chi connectivity index (χ1v) is 19.4. The Kier molecular flexibility index (Phi) is 10.4. The van der Waals surface area contributed by atoms with Gasteiger partial charge in [-0.15, -0.1) is 0 Å². The minimum atomic E-state index is -0.485. The molecule has 3 aliphatic heterocycles. The number of carbonyl (C=O) groups excluding carboxylic acids is 3. The molecule has 3 aromatic heterocycles. The summed E-state index contributed by atoms with van der Waals surface area (Å²) < 4.78 is 23.1. The molecule has 2 aromatic carbocycles. The van der Waals surface area contributed by atoms with E-state index in [9.17, 15) is 14.4 Å². The average molecular weight is 752 g/mol. The normalized spacial score (nSPS) is 17.8. The molecule has 0 bridgehead atoms. The van der Waals surface area contributed by atoms with Crippen LogP contribution in [0.25, 0.3) is 21.9 Å². The van der Waals surface area contributed by atoms with E-state index >= 15 is 0 Å². The summed E-state index contributed by atoms with van der Waals surface area (Å²) in [6.45, 7) is 12.9. The number of nitrogens with zero attached hydrogens (tertiary/aromatic N) is 4. The van der Waals surface area contributed by atoms with E-state index in [0.717, 1.165) is 55.5 Å². The highest BCUT2D eigenvalue weighted by Gasteiger charge is 2.30. The molecular weight excluding hydrogens is 702 g/mol. The predicted molar refractivity (Wildman–Crippen MR) is 208 cm³/mol. The quantitative estimate of drug-likeness (QED) is 0.137. The number of hydrogen-bond acceptors (Lipinski definition) is 10. The van der Waals surface area contributed by atoms with Crippen LogP contribution in [0.3, 0.4) is 0 Å². The smallest absolute Gasteiger partial charge is 0.415 e. The van der Waals surface area contributed by atoms with Crippen molar-refractivity contribution in [2.45, 2.75) is 70.9 Å². The number of anilines is 2. The predicted octanol–water partition coefficient (Wildman–Crippen LogP) is 7.36. The van der Waals surface area contributed by atoms with Gasteiger partial charge in [-0.3, -0.25) is 15.0 Å². The third-order valence-electron chi connectivity index (χ3n) is 10.9. The highest BCUT2D eigenvalue weighted by Crippen LogP contribution is 2.33. The van der Waals surface area contributed by atoms with Gasteiger partial charge in [0, 0.05) is 77.8 Å². The molecule has 3 saturated heterocycles. The Morgan fingerprint density at radius 3 is 2.44 bits per heavy atom. The lowest BCUT2D eigenvalue weighted by Gasteiger charge is -2.39. The molecule has 3 fully saturated rings. The molecule has 0 unspecified atom stereocenters. The molecule has 5 aromatic rings. The molecule has 0 aliphatic carbocycles. The number of hydrogen-bond donors (Lipinski definition) is 3. The SMILES string of the molecule is CC(C)(C)c1cc(NC(=O)Nc2ccc3oc(C(=O)c4cc5c(CN6CCOCC6)c(OC(=O)N6CCC(N7CCCCC7)CC6)ccc5[nH]4)cc3c2)no1. The van der Waals surface area contributed by atoms with Crippen molar-refractivity contribution in [1.29, 1.82) is 0 Å². The number of piperidine rings is 2. The summed E-state index contributed by atoms with van der Waals surface area (Å²) in [5.41, 5.74) is 2.70. The maximum absolute atomic E-state index is 13.9. The second-order valence-electron chi connectivity index (χ2n) is 15.9. The van der Waals surface area contributed by atoms with Gasteiger partial charge in [0.05, 0.1) is 18.9 Å². The number of nitrogens with one attached hydrogen (secondary N) is 3. The minimum Gasteiger partial charge on any atom is -0.453 e. The molecule has 0 radical (unpaired) electrons. The summed E-state index contributed by atoms with van der Waals surface area (Å²) in [5, 5.41) is 10.9. The molecule has 55 heavy (non-hydrogen) atoms. The van der Waals surface area contributed by atoms with E-state index in [2.05, 4.69) is 30.6 Å². The molecular formula is C41H49N7O7. The number of H-pyrrole nitrogens is 1. The topological polar surface area (TPSA) is 158 Å². The van der Waals surface area contributed by atoms with E-state index in [0.29, 0.717) is 78.6 Å². The number of ether oxygens (including phenoxy) is 2. The summed E-state index contributed by atoms with van der Waals surface area (Å²) in [7, 11) is 0. The van der Waals surface area contributed by atoms with Crippen molar-refractivity contribution in [3.8, 4) is 5.75 Å². The first-order valence-electron chi connectivity index (χ1n) is 19.4. The zero-order valence-corrected chi connectivity index (χ0v) is 31.7. The van der Waals surface area contributed by atoms with Gasteiger partial charge >= 0.3 is 12.1 Å². The van der Waals surface area contributed by atoms with Gasteiger partial charge in [0.1, 0.15) is 17.1 Å². The van der Waals surface area contributed by atoms with Gasteiger partial charge in [-0.2, -0.15) is 0 Å². The number of fused-ring (bicyclic) bond motifs is 2. The number of urea groups is 1. The number of amides is 3. The average Bonchev–Trinajstić information content (AvgIpc) is 3.95. The van der Waals surface area contributed by atoms with E-state index in [1.54, 1.807) is 30.3 Å². The van der Waals surface area contributed by atoms with Crippen LogP contribution in [0.5, 0.6) is 5.75 Å². The summed E-state index contributed by atoms with van der Waals surface area (Å²) in [4.78, 5) is 50.1. The third-order valence-corrected chi connectivity index (χ3v) is 10.9. The van der Waals surface area contributed by atoms with Gasteiger partial charge < -0.3 is 38.5 Å². The zero-order valence-electron chi connectivity index (χ0n) is 31.7. The summed E-state index contributed by atoms with van der Waals surface area (Å²) in [5.74, 6) is 1.27. The summed E-state index contributed by atoms with van der Waals surface area (Å²) in [6.07, 6.45) is 5.39. The van der Waals surface area contributed by atoms with E-state index in [-0.39, 0.29) is 23.1 Å². The molecule has 0 atom stereocenters. The fourth-order valence-electron chi connectivity index (χ4n) is 7.80. The van der Waals surface area contributed by atoms with Gasteiger partial charge in [-0.05, 0) is 81.2 Å². The van der Waals surface area contributed by atoms with Crippen LogP contribution < -0.4 is 15.4 Å². The number of aromatic nitrogens is 2. The third kappa shape index (κ3) is 8.26. The molecule has 14 nitrogen and oxygen atoms in total. The van der Waals surface area contributed by atoms with Crippen LogP contribution in [0, 0.1) is 0 Å². The Morgan fingerprint density at radius 1 is 0.909 bits per heavy atom. The highest BCUT2D eigenvalue weighted by atomic mass is 16.6. The molecule has 14 heteroatoms. The van der Waals surface area contributed by atoms with Crippen LogP contribution in [0.4, 0.5) is 21.1 Å². The molecule has 3 aliphatic rings. The maximum Gasteiger partial charge on any atom is 0.415 e. The van der Waals surface area contributed by atoms with Crippen LogP contribution in [0.1, 0.15) is 80.4 Å².